The van der Waals surface area contributed by atoms with Crippen LogP contribution >= 0.6 is 0 Å². The fourth-order valence-electron chi connectivity index (χ4n) is 2.85. The Balaban J connectivity index is 1.95. The number of aryl methyl sites for hydroxylation is 2. The number of methoxy groups -OCH3 is 1. The van der Waals surface area contributed by atoms with Gasteiger partial charge in [0.15, 0.2) is 5.82 Å². The number of carbonyl (C=O) groups is 1. The summed E-state index contributed by atoms with van der Waals surface area (Å²) in [5.41, 5.74) is 2.59. The molecule has 1 aliphatic rings. The molecule has 1 aliphatic heterocycles. The molecule has 122 valence electrons. The molecular formula is C16H15N5O3. The maximum absolute atomic E-state index is 12.2. The Kier molecular flexibility index (Phi) is 3.12. The summed E-state index contributed by atoms with van der Waals surface area (Å²) in [6.45, 7) is 3.75. The molecule has 3 aromatic rings. The van der Waals surface area contributed by atoms with E-state index in [2.05, 4.69) is 20.4 Å². The van der Waals surface area contributed by atoms with Crippen molar-refractivity contribution in [3.05, 3.63) is 29.7 Å². The van der Waals surface area contributed by atoms with Crippen molar-refractivity contribution in [2.45, 2.75) is 13.8 Å². The largest absolute Gasteiger partial charge is 0.497 e. The Morgan fingerprint density at radius 3 is 2.92 bits per heavy atom. The molecule has 0 aliphatic carbocycles. The standard InChI is InChI=1S/C16H15N5O3/c1-8-14-15(17-9(2)18-16(14)24-20-8)21-7-13(22)19-11-6-10(23-3)4-5-12(11)21/h4-6H,7H2,1-3H3,(H,19,22). The highest BCUT2D eigenvalue weighted by Crippen LogP contribution is 2.39. The normalized spacial score (nSPS) is 13.8. The van der Waals surface area contributed by atoms with Gasteiger partial charge < -0.3 is 19.5 Å². The van der Waals surface area contributed by atoms with Crippen molar-refractivity contribution in [2.75, 3.05) is 23.9 Å². The van der Waals surface area contributed by atoms with E-state index in [1.165, 1.54) is 0 Å². The number of rotatable bonds is 2. The van der Waals surface area contributed by atoms with E-state index < -0.39 is 0 Å². The second kappa shape index (κ2) is 5.19. The number of hydrogen-bond acceptors (Lipinski definition) is 7. The number of aromatic nitrogens is 3. The van der Waals surface area contributed by atoms with Gasteiger partial charge in [-0.25, -0.2) is 4.98 Å². The summed E-state index contributed by atoms with van der Waals surface area (Å²) >= 11 is 0. The van der Waals surface area contributed by atoms with Crippen LogP contribution in [0.5, 0.6) is 5.75 Å². The summed E-state index contributed by atoms with van der Waals surface area (Å²) in [5, 5.41) is 7.54. The molecular weight excluding hydrogens is 310 g/mol. The van der Waals surface area contributed by atoms with Gasteiger partial charge in [-0.2, -0.15) is 4.98 Å². The van der Waals surface area contributed by atoms with E-state index in [1.807, 2.05) is 24.0 Å². The Bertz CT molecular complexity index is 966. The quantitative estimate of drug-likeness (QED) is 0.773. The van der Waals surface area contributed by atoms with E-state index in [0.29, 0.717) is 39.9 Å². The third kappa shape index (κ3) is 2.15. The monoisotopic (exact) mass is 325 g/mol. The van der Waals surface area contributed by atoms with Gasteiger partial charge in [0.05, 0.1) is 24.2 Å². The van der Waals surface area contributed by atoms with Crippen LogP contribution in [0.3, 0.4) is 0 Å². The van der Waals surface area contributed by atoms with Gasteiger partial charge in [0.1, 0.15) is 23.5 Å². The number of fused-ring (bicyclic) bond motifs is 2. The van der Waals surface area contributed by atoms with Crippen molar-refractivity contribution >= 4 is 34.2 Å². The van der Waals surface area contributed by atoms with E-state index in [0.717, 1.165) is 5.69 Å². The van der Waals surface area contributed by atoms with Crippen LogP contribution in [0.25, 0.3) is 11.1 Å². The van der Waals surface area contributed by atoms with Crippen molar-refractivity contribution in [3.8, 4) is 5.75 Å². The van der Waals surface area contributed by atoms with Gasteiger partial charge in [-0.3, -0.25) is 4.79 Å². The lowest BCUT2D eigenvalue weighted by Gasteiger charge is -2.30. The van der Waals surface area contributed by atoms with E-state index in [4.69, 9.17) is 9.26 Å². The molecule has 0 atom stereocenters. The minimum absolute atomic E-state index is 0.130. The van der Waals surface area contributed by atoms with Crippen LogP contribution in [0.1, 0.15) is 11.5 Å². The number of carbonyl (C=O) groups excluding carboxylic acids is 1. The van der Waals surface area contributed by atoms with Crippen molar-refractivity contribution < 1.29 is 14.1 Å². The number of nitrogens with zero attached hydrogens (tertiary/aromatic N) is 4. The number of anilines is 3. The number of benzene rings is 1. The van der Waals surface area contributed by atoms with Crippen LogP contribution < -0.4 is 15.0 Å². The van der Waals surface area contributed by atoms with E-state index in [9.17, 15) is 4.79 Å². The fourth-order valence-corrected chi connectivity index (χ4v) is 2.85. The fraction of sp³-hybridized carbons (Fsp3) is 0.250. The minimum Gasteiger partial charge on any atom is -0.497 e. The smallest absolute Gasteiger partial charge is 0.263 e. The number of ether oxygens (including phenoxy) is 1. The molecule has 0 saturated heterocycles. The molecule has 8 heteroatoms. The van der Waals surface area contributed by atoms with Crippen LogP contribution in [0, 0.1) is 13.8 Å². The van der Waals surface area contributed by atoms with Crippen molar-refractivity contribution in [1.29, 1.82) is 0 Å². The first-order valence-corrected chi connectivity index (χ1v) is 7.43. The summed E-state index contributed by atoms with van der Waals surface area (Å²) in [6, 6.07) is 5.51. The molecule has 8 nitrogen and oxygen atoms in total. The lowest BCUT2D eigenvalue weighted by molar-refractivity contribution is -0.115. The maximum atomic E-state index is 12.2. The molecule has 1 amide bonds. The molecule has 0 bridgehead atoms. The van der Waals surface area contributed by atoms with E-state index >= 15 is 0 Å². The molecule has 0 radical (unpaired) electrons. The van der Waals surface area contributed by atoms with Gasteiger partial charge in [0.2, 0.25) is 5.91 Å². The first-order valence-electron chi connectivity index (χ1n) is 7.43. The van der Waals surface area contributed by atoms with Crippen LogP contribution in [0.2, 0.25) is 0 Å². The Morgan fingerprint density at radius 1 is 1.29 bits per heavy atom. The number of nitrogens with one attached hydrogen (secondary N) is 1. The summed E-state index contributed by atoms with van der Waals surface area (Å²) in [4.78, 5) is 22.8. The van der Waals surface area contributed by atoms with Gasteiger partial charge in [0.25, 0.3) is 5.71 Å². The van der Waals surface area contributed by atoms with Gasteiger partial charge in [-0.05, 0) is 26.0 Å². The van der Waals surface area contributed by atoms with Crippen molar-refractivity contribution in [3.63, 3.8) is 0 Å². The molecule has 1 aromatic carbocycles. The lowest BCUT2D eigenvalue weighted by Crippen LogP contribution is -2.35. The van der Waals surface area contributed by atoms with Gasteiger partial charge in [-0.15, -0.1) is 0 Å². The molecule has 2 aromatic heterocycles. The number of hydrogen-bond donors (Lipinski definition) is 1. The highest BCUT2D eigenvalue weighted by molar-refractivity contribution is 6.05. The van der Waals surface area contributed by atoms with Crippen LogP contribution in [0.4, 0.5) is 17.2 Å². The molecule has 0 saturated carbocycles. The SMILES string of the molecule is COc1ccc2c(c1)NC(=O)CN2c1nc(C)nc2onc(C)c12. The Morgan fingerprint density at radius 2 is 2.12 bits per heavy atom. The third-order valence-electron chi connectivity index (χ3n) is 3.93. The zero-order valence-corrected chi connectivity index (χ0v) is 13.5. The highest BCUT2D eigenvalue weighted by Gasteiger charge is 2.28. The Labute approximate surface area is 137 Å². The molecule has 1 N–H and O–H groups in total. The van der Waals surface area contributed by atoms with Gasteiger partial charge >= 0.3 is 0 Å². The molecule has 0 fully saturated rings. The third-order valence-corrected chi connectivity index (χ3v) is 3.93. The first kappa shape index (κ1) is 14.4. The lowest BCUT2D eigenvalue weighted by atomic mass is 10.1. The topological polar surface area (TPSA) is 93.4 Å². The second-order valence-corrected chi connectivity index (χ2v) is 5.56. The first-order chi connectivity index (χ1) is 11.6. The highest BCUT2D eigenvalue weighted by atomic mass is 16.5. The summed E-state index contributed by atoms with van der Waals surface area (Å²) in [7, 11) is 1.59. The van der Waals surface area contributed by atoms with Crippen LogP contribution in [-0.2, 0) is 4.79 Å². The average molecular weight is 325 g/mol. The predicted octanol–water partition coefficient (Wildman–Crippen LogP) is 2.33. The molecule has 3 heterocycles. The molecule has 0 unspecified atom stereocenters. The van der Waals surface area contributed by atoms with Crippen molar-refractivity contribution in [1.82, 2.24) is 15.1 Å². The van der Waals surface area contributed by atoms with Crippen LogP contribution in [0.15, 0.2) is 22.7 Å². The van der Waals surface area contributed by atoms with Gasteiger partial charge in [-0.1, -0.05) is 5.16 Å². The predicted molar refractivity (Wildman–Crippen MR) is 87.7 cm³/mol. The minimum atomic E-state index is -0.130. The molecule has 24 heavy (non-hydrogen) atoms. The Hall–Kier alpha value is -3.16. The average Bonchev–Trinajstić information content (AvgIpc) is 2.93. The maximum Gasteiger partial charge on any atom is 0.263 e. The summed E-state index contributed by atoms with van der Waals surface area (Å²) < 4.78 is 10.5. The molecule has 0 spiro atoms. The number of amides is 1. The second-order valence-electron chi connectivity index (χ2n) is 5.56. The summed E-state index contributed by atoms with van der Waals surface area (Å²) in [5.74, 6) is 1.70. The van der Waals surface area contributed by atoms with Gasteiger partial charge in [0, 0.05) is 6.07 Å². The van der Waals surface area contributed by atoms with E-state index in [-0.39, 0.29) is 12.5 Å². The van der Waals surface area contributed by atoms with Crippen molar-refractivity contribution in [2.24, 2.45) is 0 Å². The zero-order chi connectivity index (χ0) is 16.8. The van der Waals surface area contributed by atoms with E-state index in [1.54, 1.807) is 20.1 Å². The van der Waals surface area contributed by atoms with Crippen LogP contribution in [-0.4, -0.2) is 34.7 Å². The summed E-state index contributed by atoms with van der Waals surface area (Å²) in [6.07, 6.45) is 0. The molecule has 4 rings (SSSR count). The zero-order valence-electron chi connectivity index (χ0n) is 13.5.